The van der Waals surface area contributed by atoms with Crippen molar-refractivity contribution < 1.29 is 4.79 Å². The molecule has 4 rings (SSSR count). The van der Waals surface area contributed by atoms with Gasteiger partial charge in [0.25, 0.3) is 5.91 Å². The maximum Gasteiger partial charge on any atom is 0.271 e. The second-order valence-corrected chi connectivity index (χ2v) is 11.3. The minimum absolute atomic E-state index is 0.0998. The summed E-state index contributed by atoms with van der Waals surface area (Å²) in [4.78, 5) is 12.5. The van der Waals surface area contributed by atoms with Gasteiger partial charge in [-0.25, -0.2) is 5.43 Å². The molecule has 0 spiro atoms. The van der Waals surface area contributed by atoms with Crippen LogP contribution in [0.3, 0.4) is 0 Å². The number of nitrogens with one attached hydrogen (secondary N) is 1. The van der Waals surface area contributed by atoms with Crippen LogP contribution in [0.2, 0.25) is 0 Å². The van der Waals surface area contributed by atoms with E-state index in [0.717, 1.165) is 6.42 Å². The van der Waals surface area contributed by atoms with E-state index in [1.54, 1.807) is 0 Å². The molecular weight excluding hydrogens is 360 g/mol. The Balaban J connectivity index is 1.43. The van der Waals surface area contributed by atoms with Crippen molar-refractivity contribution in [2.24, 2.45) is 21.8 Å². The molecule has 140 valence electrons. The third-order valence-electron chi connectivity index (χ3n) is 7.08. The van der Waals surface area contributed by atoms with E-state index in [0.29, 0.717) is 16.1 Å². The van der Waals surface area contributed by atoms with Crippen molar-refractivity contribution in [3.63, 3.8) is 0 Å². The third-order valence-corrected chi connectivity index (χ3v) is 10.1. The van der Waals surface area contributed by atoms with Gasteiger partial charge in [0.15, 0.2) is 0 Å². The summed E-state index contributed by atoms with van der Waals surface area (Å²) in [5.74, 6) is 3.06. The Kier molecular flexibility index (Phi) is 4.89. The summed E-state index contributed by atoms with van der Waals surface area (Å²) in [5.41, 5.74) is 6.42. The Morgan fingerprint density at radius 3 is 2.42 bits per heavy atom. The highest BCUT2D eigenvalue weighted by Crippen LogP contribution is 2.63. The van der Waals surface area contributed by atoms with Gasteiger partial charge in [-0.1, -0.05) is 32.9 Å². The lowest BCUT2D eigenvalue weighted by Gasteiger charge is -2.34. The maximum atomic E-state index is 12.5. The number of carbonyl (C=O) groups excluding carboxylic acids is 1. The molecule has 0 aromatic heterocycles. The van der Waals surface area contributed by atoms with Gasteiger partial charge in [-0.15, -0.1) is 23.5 Å². The quantitative estimate of drug-likeness (QED) is 0.696. The predicted octanol–water partition coefficient (Wildman–Crippen LogP) is 5.49. The number of hydrogen-bond donors (Lipinski definition) is 1. The fraction of sp³-hybridized carbons (Fsp3) is 0.619. The van der Waals surface area contributed by atoms with E-state index in [2.05, 4.69) is 43.4 Å². The summed E-state index contributed by atoms with van der Waals surface area (Å²) in [6.45, 7) is 7.03. The van der Waals surface area contributed by atoms with Crippen LogP contribution in [0.4, 0.5) is 0 Å². The minimum Gasteiger partial charge on any atom is -0.267 e. The Bertz CT molecular complexity index is 722. The van der Waals surface area contributed by atoms with Crippen LogP contribution in [0.1, 0.15) is 67.0 Å². The second-order valence-electron chi connectivity index (χ2n) is 8.54. The summed E-state index contributed by atoms with van der Waals surface area (Å²) < 4.78 is 0.511. The van der Waals surface area contributed by atoms with Crippen LogP contribution in [-0.2, 0) is 0 Å². The third kappa shape index (κ3) is 3.01. The highest BCUT2D eigenvalue weighted by atomic mass is 32.2. The van der Waals surface area contributed by atoms with Gasteiger partial charge in [0.1, 0.15) is 0 Å². The van der Waals surface area contributed by atoms with Crippen LogP contribution in [0.5, 0.6) is 0 Å². The van der Waals surface area contributed by atoms with Crippen LogP contribution in [0.15, 0.2) is 29.4 Å². The van der Waals surface area contributed by atoms with Crippen LogP contribution < -0.4 is 5.43 Å². The molecule has 3 aliphatic rings. The van der Waals surface area contributed by atoms with E-state index < -0.39 is 0 Å². The Labute approximate surface area is 165 Å². The first kappa shape index (κ1) is 18.4. The zero-order valence-corrected chi connectivity index (χ0v) is 17.5. The van der Waals surface area contributed by atoms with Crippen molar-refractivity contribution in [2.45, 2.75) is 51.0 Å². The molecule has 2 bridgehead atoms. The smallest absolute Gasteiger partial charge is 0.267 e. The number of thioether (sulfide) groups is 2. The van der Waals surface area contributed by atoms with Crippen LogP contribution in [0, 0.1) is 16.7 Å². The normalized spacial score (nSPS) is 32.1. The monoisotopic (exact) mass is 388 g/mol. The lowest BCUT2D eigenvalue weighted by Crippen LogP contribution is -2.34. The van der Waals surface area contributed by atoms with Crippen LogP contribution in [0.25, 0.3) is 0 Å². The lowest BCUT2D eigenvalue weighted by atomic mass is 9.70. The first-order valence-corrected chi connectivity index (χ1v) is 11.7. The summed E-state index contributed by atoms with van der Waals surface area (Å²) >= 11 is 4.01. The standard InChI is InChI=1S/C21H28N2OS2/c1-20(2)16-9-10-21(20,3)17(13-16)22-23-18(24)14-5-7-15(8-6-14)19-25-11-4-12-26-19/h5-8,16,19H,4,9-13H2,1-3H3,(H,23,24)/b22-17+/t16-,21+/m0/s1. The number of rotatable bonds is 3. The van der Waals surface area contributed by atoms with Crippen molar-refractivity contribution in [1.82, 2.24) is 5.43 Å². The molecule has 2 saturated carbocycles. The molecule has 1 aliphatic heterocycles. The fourth-order valence-electron chi connectivity index (χ4n) is 4.75. The molecule has 1 N–H and O–H groups in total. The molecule has 0 unspecified atom stereocenters. The Morgan fingerprint density at radius 2 is 1.85 bits per heavy atom. The fourth-order valence-corrected chi connectivity index (χ4v) is 7.65. The molecule has 1 saturated heterocycles. The average Bonchev–Trinajstić information content (AvgIpc) is 3.00. The zero-order valence-electron chi connectivity index (χ0n) is 15.9. The molecular formula is C21H28N2OS2. The molecule has 1 aromatic carbocycles. The SMILES string of the molecule is CC1(C)[C@H]2CC[C@]1(C)/C(=N/NC(=O)c1ccc(C3SCCCS3)cc1)C2. The van der Waals surface area contributed by atoms with Crippen molar-refractivity contribution in [3.8, 4) is 0 Å². The molecule has 3 fully saturated rings. The lowest BCUT2D eigenvalue weighted by molar-refractivity contribution is 0.0954. The number of hydrazone groups is 1. The number of benzene rings is 1. The van der Waals surface area contributed by atoms with E-state index in [9.17, 15) is 4.79 Å². The number of hydrogen-bond acceptors (Lipinski definition) is 4. The van der Waals surface area contributed by atoms with E-state index in [1.807, 2.05) is 35.7 Å². The van der Waals surface area contributed by atoms with E-state index >= 15 is 0 Å². The maximum absolute atomic E-state index is 12.5. The van der Waals surface area contributed by atoms with Gasteiger partial charge in [-0.2, -0.15) is 5.10 Å². The minimum atomic E-state index is -0.0998. The van der Waals surface area contributed by atoms with Gasteiger partial charge in [0, 0.05) is 16.7 Å². The van der Waals surface area contributed by atoms with Gasteiger partial charge in [0.05, 0.1) is 4.58 Å². The molecule has 1 heterocycles. The molecule has 26 heavy (non-hydrogen) atoms. The van der Waals surface area contributed by atoms with E-state index in [-0.39, 0.29) is 16.7 Å². The summed E-state index contributed by atoms with van der Waals surface area (Å²) in [7, 11) is 0. The van der Waals surface area contributed by atoms with Gasteiger partial charge in [0.2, 0.25) is 0 Å². The largest absolute Gasteiger partial charge is 0.271 e. The Hall–Kier alpha value is -0.940. The van der Waals surface area contributed by atoms with Gasteiger partial charge < -0.3 is 0 Å². The molecule has 3 nitrogen and oxygen atoms in total. The van der Waals surface area contributed by atoms with Gasteiger partial charge in [-0.3, -0.25) is 4.79 Å². The molecule has 1 aromatic rings. The second kappa shape index (κ2) is 6.90. The summed E-state index contributed by atoms with van der Waals surface area (Å²) in [6, 6.07) is 8.07. The van der Waals surface area contributed by atoms with E-state index in [1.165, 1.54) is 42.0 Å². The first-order chi connectivity index (χ1) is 12.4. The van der Waals surface area contributed by atoms with Crippen molar-refractivity contribution >= 4 is 35.1 Å². The topological polar surface area (TPSA) is 41.5 Å². The summed E-state index contributed by atoms with van der Waals surface area (Å²) in [5, 5.41) is 4.57. The number of amides is 1. The molecule has 1 amide bonds. The number of carbonyl (C=O) groups is 1. The summed E-state index contributed by atoms with van der Waals surface area (Å²) in [6.07, 6.45) is 4.79. The predicted molar refractivity (Wildman–Crippen MR) is 113 cm³/mol. The molecule has 2 aliphatic carbocycles. The van der Waals surface area contributed by atoms with Crippen molar-refractivity contribution in [1.29, 1.82) is 0 Å². The van der Waals surface area contributed by atoms with Crippen molar-refractivity contribution in [3.05, 3.63) is 35.4 Å². The molecule has 0 radical (unpaired) electrons. The molecule has 2 atom stereocenters. The van der Waals surface area contributed by atoms with Crippen LogP contribution in [-0.4, -0.2) is 23.1 Å². The van der Waals surface area contributed by atoms with Gasteiger partial charge in [-0.05, 0) is 66.2 Å². The van der Waals surface area contributed by atoms with E-state index in [4.69, 9.17) is 0 Å². The van der Waals surface area contributed by atoms with Gasteiger partial charge >= 0.3 is 0 Å². The van der Waals surface area contributed by atoms with Crippen LogP contribution >= 0.6 is 23.5 Å². The molecule has 5 heteroatoms. The van der Waals surface area contributed by atoms with Crippen molar-refractivity contribution in [2.75, 3.05) is 11.5 Å². The average molecular weight is 389 g/mol. The zero-order chi connectivity index (χ0) is 18.4. The highest BCUT2D eigenvalue weighted by Gasteiger charge is 2.60. The Morgan fingerprint density at radius 1 is 1.15 bits per heavy atom. The first-order valence-electron chi connectivity index (χ1n) is 9.62. The number of nitrogens with zero attached hydrogens (tertiary/aromatic N) is 1. The number of fused-ring (bicyclic) bond motifs is 2. The highest BCUT2D eigenvalue weighted by molar-refractivity contribution is 8.16.